The number of aryl methyl sites for hydroxylation is 1. The van der Waals surface area contributed by atoms with Crippen molar-refractivity contribution >= 4 is 23.9 Å². The van der Waals surface area contributed by atoms with Gasteiger partial charge in [-0.3, -0.25) is 0 Å². The van der Waals surface area contributed by atoms with Crippen molar-refractivity contribution in [1.82, 2.24) is 0 Å². The summed E-state index contributed by atoms with van der Waals surface area (Å²) in [6.07, 6.45) is 1.52. The number of carboxylic acids is 1. The van der Waals surface area contributed by atoms with Crippen LogP contribution in [-0.4, -0.2) is 17.4 Å². The van der Waals surface area contributed by atoms with Crippen molar-refractivity contribution in [2.75, 3.05) is 0 Å². The summed E-state index contributed by atoms with van der Waals surface area (Å²) in [6.45, 7) is 0. The maximum Gasteiger partial charge on any atom is 0.336 e. The highest BCUT2D eigenvalue weighted by Gasteiger charge is 2.09. The van der Waals surface area contributed by atoms with Crippen LogP contribution in [0.15, 0.2) is 18.2 Å². The average Bonchev–Trinajstić information content (AvgIpc) is 2.15. The molecule has 0 aliphatic heterocycles. The first-order valence-electron chi connectivity index (χ1n) is 4.10. The molecule has 14 heavy (non-hydrogen) atoms. The lowest BCUT2D eigenvalue weighted by atomic mass is 10.0. The highest BCUT2D eigenvalue weighted by atomic mass is 35.5. The molecule has 3 nitrogen and oxygen atoms in total. The Morgan fingerprint density at radius 3 is 2.79 bits per heavy atom. The third-order valence-corrected chi connectivity index (χ3v) is 2.07. The zero-order valence-electron chi connectivity index (χ0n) is 7.37. The number of rotatable bonds is 4. The van der Waals surface area contributed by atoms with Crippen LogP contribution < -0.4 is 0 Å². The molecular formula is C10H9ClO3. The first-order valence-corrected chi connectivity index (χ1v) is 4.48. The van der Waals surface area contributed by atoms with E-state index in [-0.39, 0.29) is 5.56 Å². The van der Waals surface area contributed by atoms with Crippen LogP contribution in [0.4, 0.5) is 0 Å². The molecule has 0 atom stereocenters. The van der Waals surface area contributed by atoms with Crippen LogP contribution in [0.5, 0.6) is 0 Å². The number of benzene rings is 1. The highest BCUT2D eigenvalue weighted by molar-refractivity contribution is 6.30. The second-order valence-corrected chi connectivity index (χ2v) is 3.25. The third kappa shape index (κ3) is 2.57. The lowest BCUT2D eigenvalue weighted by Crippen LogP contribution is -2.02. The van der Waals surface area contributed by atoms with Crippen LogP contribution in [0.3, 0.4) is 0 Å². The van der Waals surface area contributed by atoms with Crippen molar-refractivity contribution in [2.45, 2.75) is 12.8 Å². The second kappa shape index (κ2) is 4.77. The molecule has 4 heteroatoms. The summed E-state index contributed by atoms with van der Waals surface area (Å²) >= 11 is 5.66. The van der Waals surface area contributed by atoms with Gasteiger partial charge in [0, 0.05) is 11.4 Å². The fourth-order valence-electron chi connectivity index (χ4n) is 1.18. The van der Waals surface area contributed by atoms with E-state index in [4.69, 9.17) is 16.7 Å². The lowest BCUT2D eigenvalue weighted by molar-refractivity contribution is -0.107. The van der Waals surface area contributed by atoms with Crippen LogP contribution in [0.2, 0.25) is 5.02 Å². The molecule has 1 aromatic carbocycles. The van der Waals surface area contributed by atoms with Gasteiger partial charge in [-0.1, -0.05) is 17.7 Å². The number of carboxylic acid groups (broad SMARTS) is 1. The fraction of sp³-hybridized carbons (Fsp3) is 0.200. The molecule has 0 heterocycles. The summed E-state index contributed by atoms with van der Waals surface area (Å²) in [5.41, 5.74) is 0.799. The van der Waals surface area contributed by atoms with Crippen molar-refractivity contribution in [1.29, 1.82) is 0 Å². The minimum Gasteiger partial charge on any atom is -0.478 e. The van der Waals surface area contributed by atoms with E-state index in [1.165, 1.54) is 6.07 Å². The largest absolute Gasteiger partial charge is 0.478 e. The number of carbonyl (C=O) groups excluding carboxylic acids is 1. The molecule has 1 aromatic rings. The van der Waals surface area contributed by atoms with E-state index < -0.39 is 5.97 Å². The second-order valence-electron chi connectivity index (χ2n) is 2.81. The number of halogens is 1. The van der Waals surface area contributed by atoms with Crippen LogP contribution in [-0.2, 0) is 11.2 Å². The molecule has 0 saturated carbocycles. The van der Waals surface area contributed by atoms with Gasteiger partial charge in [-0.25, -0.2) is 4.79 Å². The predicted octanol–water partition coefficient (Wildman–Crippen LogP) is 2.17. The minimum atomic E-state index is -1.02. The van der Waals surface area contributed by atoms with Crippen LogP contribution >= 0.6 is 11.6 Å². The maximum atomic E-state index is 10.8. The van der Waals surface area contributed by atoms with E-state index in [1.807, 2.05) is 0 Å². The molecule has 0 unspecified atom stereocenters. The fourth-order valence-corrected chi connectivity index (χ4v) is 1.35. The summed E-state index contributed by atoms with van der Waals surface area (Å²) in [5, 5.41) is 9.23. The summed E-state index contributed by atoms with van der Waals surface area (Å²) in [4.78, 5) is 20.9. The molecule has 0 aliphatic carbocycles. The zero-order valence-corrected chi connectivity index (χ0v) is 8.12. The molecule has 1 rings (SSSR count). The molecule has 0 saturated heterocycles. The first-order chi connectivity index (χ1) is 6.65. The van der Waals surface area contributed by atoms with Gasteiger partial charge >= 0.3 is 5.97 Å². The van der Waals surface area contributed by atoms with E-state index >= 15 is 0 Å². The number of hydrogen-bond acceptors (Lipinski definition) is 2. The SMILES string of the molecule is O=CCCc1ccc(Cl)cc1C(=O)O. The smallest absolute Gasteiger partial charge is 0.336 e. The molecule has 0 bridgehead atoms. The maximum absolute atomic E-state index is 10.8. The monoisotopic (exact) mass is 212 g/mol. The van der Waals surface area contributed by atoms with Crippen LogP contribution in [0.1, 0.15) is 22.3 Å². The average molecular weight is 213 g/mol. The Morgan fingerprint density at radius 2 is 2.21 bits per heavy atom. The van der Waals surface area contributed by atoms with Gasteiger partial charge in [-0.2, -0.15) is 0 Å². The molecule has 0 aliphatic rings. The van der Waals surface area contributed by atoms with Crippen molar-refractivity contribution in [3.05, 3.63) is 34.3 Å². The number of hydrogen-bond donors (Lipinski definition) is 1. The van der Waals surface area contributed by atoms with E-state index in [0.717, 1.165) is 6.29 Å². The summed E-state index contributed by atoms with van der Waals surface area (Å²) < 4.78 is 0. The topological polar surface area (TPSA) is 54.4 Å². The summed E-state index contributed by atoms with van der Waals surface area (Å²) in [7, 11) is 0. The van der Waals surface area contributed by atoms with Crippen molar-refractivity contribution in [3.8, 4) is 0 Å². The normalized spacial score (nSPS) is 9.79. The predicted molar refractivity (Wildman–Crippen MR) is 52.8 cm³/mol. The van der Waals surface area contributed by atoms with Gasteiger partial charge in [0.15, 0.2) is 0 Å². The van der Waals surface area contributed by atoms with Gasteiger partial charge in [-0.05, 0) is 24.1 Å². The van der Waals surface area contributed by atoms with E-state index in [2.05, 4.69) is 0 Å². The molecule has 0 amide bonds. The summed E-state index contributed by atoms with van der Waals surface area (Å²) in [6, 6.07) is 4.65. The van der Waals surface area contributed by atoms with Crippen molar-refractivity contribution < 1.29 is 14.7 Å². The number of carbonyl (C=O) groups is 2. The minimum absolute atomic E-state index is 0.166. The Bertz CT molecular complexity index is 360. The van der Waals surface area contributed by atoms with Gasteiger partial charge in [-0.15, -0.1) is 0 Å². The molecule has 74 valence electrons. The van der Waals surface area contributed by atoms with Gasteiger partial charge in [0.25, 0.3) is 0 Å². The molecule has 0 radical (unpaired) electrons. The molecular weight excluding hydrogens is 204 g/mol. The van der Waals surface area contributed by atoms with Gasteiger partial charge < -0.3 is 9.90 Å². The Kier molecular flexibility index (Phi) is 3.65. The zero-order chi connectivity index (χ0) is 10.6. The third-order valence-electron chi connectivity index (χ3n) is 1.83. The van der Waals surface area contributed by atoms with Gasteiger partial charge in [0.05, 0.1) is 5.56 Å². The quantitative estimate of drug-likeness (QED) is 0.779. The van der Waals surface area contributed by atoms with E-state index in [1.54, 1.807) is 12.1 Å². The van der Waals surface area contributed by atoms with Gasteiger partial charge in [0.2, 0.25) is 0 Å². The van der Waals surface area contributed by atoms with E-state index in [9.17, 15) is 9.59 Å². The summed E-state index contributed by atoms with van der Waals surface area (Å²) in [5.74, 6) is -1.02. The number of aldehydes is 1. The van der Waals surface area contributed by atoms with E-state index in [0.29, 0.717) is 23.4 Å². The Hall–Kier alpha value is -1.35. The first kappa shape index (κ1) is 10.7. The molecule has 0 aromatic heterocycles. The Balaban J connectivity index is 3.01. The number of aromatic carboxylic acids is 1. The molecule has 0 spiro atoms. The molecule has 1 N–H and O–H groups in total. The van der Waals surface area contributed by atoms with Gasteiger partial charge in [0.1, 0.15) is 6.29 Å². The van der Waals surface area contributed by atoms with Crippen molar-refractivity contribution in [2.24, 2.45) is 0 Å². The van der Waals surface area contributed by atoms with Crippen molar-refractivity contribution in [3.63, 3.8) is 0 Å². The molecule has 0 fully saturated rings. The van der Waals surface area contributed by atoms with Crippen LogP contribution in [0.25, 0.3) is 0 Å². The Morgan fingerprint density at radius 1 is 1.50 bits per heavy atom. The standard InChI is InChI=1S/C10H9ClO3/c11-8-4-3-7(2-1-5-12)9(6-8)10(13)14/h3-6H,1-2H2,(H,13,14). The highest BCUT2D eigenvalue weighted by Crippen LogP contribution is 2.17. The van der Waals surface area contributed by atoms with Crippen LogP contribution in [0, 0.1) is 0 Å². The lowest BCUT2D eigenvalue weighted by Gasteiger charge is -2.03. The Labute approximate surface area is 86.3 Å².